The first kappa shape index (κ1) is 20.3. The number of aliphatic carboxylic acids is 1. The molecule has 1 aromatic rings. The molecule has 0 aliphatic heterocycles. The fraction of sp³-hybridized carbons (Fsp3) is 0.579. The number of carbonyl (C=O) groups is 2. The molecule has 0 radical (unpaired) electrons. The van der Waals surface area contributed by atoms with Crippen LogP contribution in [-0.4, -0.2) is 23.2 Å². The molecule has 3 rings (SSSR count). The van der Waals surface area contributed by atoms with Crippen LogP contribution in [-0.2, 0) is 20.4 Å². The van der Waals surface area contributed by atoms with Crippen molar-refractivity contribution in [3.8, 4) is 0 Å². The van der Waals surface area contributed by atoms with Gasteiger partial charge < -0.3 is 10.8 Å². The van der Waals surface area contributed by atoms with E-state index in [0.29, 0.717) is 6.42 Å². The van der Waals surface area contributed by atoms with Crippen molar-refractivity contribution in [2.75, 3.05) is 0 Å². The SMILES string of the molecule is CC1(c2ccc(C(C)(C)C(F)(F)F)cc2)CC1C(=O)O.NC(=O)C1CC1. The molecule has 2 fully saturated rings. The summed E-state index contributed by atoms with van der Waals surface area (Å²) in [6, 6.07) is 6.13. The van der Waals surface area contributed by atoms with Gasteiger partial charge in [-0.05, 0) is 44.2 Å². The quantitative estimate of drug-likeness (QED) is 0.845. The summed E-state index contributed by atoms with van der Waals surface area (Å²) in [6.07, 6.45) is -1.74. The molecule has 0 spiro atoms. The van der Waals surface area contributed by atoms with Gasteiger partial charge in [-0.1, -0.05) is 31.2 Å². The minimum Gasteiger partial charge on any atom is -0.481 e. The summed E-state index contributed by atoms with van der Waals surface area (Å²) in [5.74, 6) is -1.18. The van der Waals surface area contributed by atoms with Crippen molar-refractivity contribution in [3.63, 3.8) is 0 Å². The van der Waals surface area contributed by atoms with Gasteiger partial charge in [0.25, 0.3) is 0 Å². The van der Waals surface area contributed by atoms with E-state index in [1.807, 2.05) is 6.92 Å². The molecule has 1 aromatic carbocycles. The number of halogens is 3. The van der Waals surface area contributed by atoms with Gasteiger partial charge in [0, 0.05) is 11.3 Å². The summed E-state index contributed by atoms with van der Waals surface area (Å²) in [5.41, 5.74) is 3.46. The fourth-order valence-corrected chi connectivity index (χ4v) is 2.84. The van der Waals surface area contributed by atoms with E-state index >= 15 is 0 Å². The van der Waals surface area contributed by atoms with Crippen LogP contribution in [0.15, 0.2) is 24.3 Å². The summed E-state index contributed by atoms with van der Waals surface area (Å²) in [4.78, 5) is 20.9. The molecule has 0 aromatic heterocycles. The average molecular weight is 371 g/mol. The molecule has 2 unspecified atom stereocenters. The predicted molar refractivity (Wildman–Crippen MR) is 90.5 cm³/mol. The van der Waals surface area contributed by atoms with E-state index in [4.69, 9.17) is 10.8 Å². The highest BCUT2D eigenvalue weighted by molar-refractivity contribution is 5.78. The number of alkyl halides is 3. The zero-order valence-electron chi connectivity index (χ0n) is 15.1. The minimum atomic E-state index is -4.32. The van der Waals surface area contributed by atoms with Crippen LogP contribution in [0, 0.1) is 11.8 Å². The number of amides is 1. The van der Waals surface area contributed by atoms with Gasteiger partial charge in [0.2, 0.25) is 5.91 Å². The van der Waals surface area contributed by atoms with Crippen molar-refractivity contribution in [1.29, 1.82) is 0 Å². The first-order valence-corrected chi connectivity index (χ1v) is 8.50. The van der Waals surface area contributed by atoms with E-state index in [1.165, 1.54) is 12.1 Å². The van der Waals surface area contributed by atoms with E-state index in [0.717, 1.165) is 32.3 Å². The Morgan fingerprint density at radius 3 is 1.92 bits per heavy atom. The van der Waals surface area contributed by atoms with Crippen LogP contribution in [0.5, 0.6) is 0 Å². The van der Waals surface area contributed by atoms with Crippen molar-refractivity contribution in [1.82, 2.24) is 0 Å². The Labute approximate surface area is 150 Å². The standard InChI is InChI=1S/C15H17F3O2.C4H7NO/c1-13(2,15(16,17)18)9-4-6-10(7-5-9)14(3)8-11(14)12(19)20;5-4(6)3-1-2-3/h4-7,11H,8H2,1-3H3,(H,19,20);3H,1-2H2,(H2,5,6). The largest absolute Gasteiger partial charge is 0.481 e. The molecule has 3 N–H and O–H groups in total. The van der Waals surface area contributed by atoms with E-state index in [1.54, 1.807) is 12.1 Å². The number of benzene rings is 1. The van der Waals surface area contributed by atoms with Crippen molar-refractivity contribution >= 4 is 11.9 Å². The summed E-state index contributed by atoms with van der Waals surface area (Å²) in [5, 5.41) is 8.99. The van der Waals surface area contributed by atoms with Gasteiger partial charge in [-0.15, -0.1) is 0 Å². The molecular weight excluding hydrogens is 347 g/mol. The third-order valence-corrected chi connectivity index (χ3v) is 5.49. The van der Waals surface area contributed by atoms with Crippen LogP contribution in [0.4, 0.5) is 13.2 Å². The van der Waals surface area contributed by atoms with Crippen molar-refractivity contribution in [3.05, 3.63) is 35.4 Å². The average Bonchev–Trinajstić information content (AvgIpc) is 3.41. The van der Waals surface area contributed by atoms with Gasteiger partial charge >= 0.3 is 12.1 Å². The van der Waals surface area contributed by atoms with Crippen molar-refractivity contribution in [2.24, 2.45) is 17.6 Å². The summed E-state index contributed by atoms with van der Waals surface area (Å²) >= 11 is 0. The third kappa shape index (κ3) is 4.02. The van der Waals surface area contributed by atoms with Crippen LogP contribution in [0.1, 0.15) is 51.2 Å². The molecule has 2 aliphatic carbocycles. The smallest absolute Gasteiger partial charge is 0.397 e. The number of hydrogen-bond acceptors (Lipinski definition) is 2. The Hall–Kier alpha value is -2.05. The molecule has 2 aliphatic rings. The Morgan fingerprint density at radius 1 is 1.15 bits per heavy atom. The number of hydrogen-bond donors (Lipinski definition) is 2. The van der Waals surface area contributed by atoms with Gasteiger partial charge in [-0.2, -0.15) is 13.2 Å². The second-order valence-corrected chi connectivity index (χ2v) is 7.89. The highest BCUT2D eigenvalue weighted by Gasteiger charge is 2.56. The normalized spacial score (nSPS) is 25.1. The van der Waals surface area contributed by atoms with Gasteiger partial charge in [0.15, 0.2) is 0 Å². The number of carboxylic acids is 1. The zero-order valence-corrected chi connectivity index (χ0v) is 15.1. The first-order chi connectivity index (χ1) is 11.8. The van der Waals surface area contributed by atoms with Crippen LogP contribution >= 0.6 is 0 Å². The zero-order chi connectivity index (χ0) is 19.9. The summed E-state index contributed by atoms with van der Waals surface area (Å²) in [7, 11) is 0. The van der Waals surface area contributed by atoms with Crippen molar-refractivity contribution in [2.45, 2.75) is 57.0 Å². The molecule has 4 nitrogen and oxygen atoms in total. The Bertz CT molecular complexity index is 693. The lowest BCUT2D eigenvalue weighted by molar-refractivity contribution is -0.180. The molecule has 2 saturated carbocycles. The van der Waals surface area contributed by atoms with Crippen LogP contribution in [0.25, 0.3) is 0 Å². The lowest BCUT2D eigenvalue weighted by Gasteiger charge is -2.28. The second-order valence-electron chi connectivity index (χ2n) is 7.89. The Morgan fingerprint density at radius 2 is 1.65 bits per heavy atom. The summed E-state index contributed by atoms with van der Waals surface area (Å²) < 4.78 is 38.9. The van der Waals surface area contributed by atoms with Gasteiger partial charge in [-0.25, -0.2) is 0 Å². The van der Waals surface area contributed by atoms with E-state index in [-0.39, 0.29) is 17.4 Å². The van der Waals surface area contributed by atoms with Crippen molar-refractivity contribution < 1.29 is 27.9 Å². The number of rotatable bonds is 4. The van der Waals surface area contributed by atoms with Crippen LogP contribution < -0.4 is 5.73 Å². The van der Waals surface area contributed by atoms with Crippen LogP contribution in [0.2, 0.25) is 0 Å². The number of primary amides is 1. The van der Waals surface area contributed by atoms with E-state index in [9.17, 15) is 22.8 Å². The first-order valence-electron chi connectivity index (χ1n) is 8.50. The lowest BCUT2D eigenvalue weighted by atomic mass is 9.82. The Kier molecular flexibility index (Phi) is 5.14. The number of carboxylic acid groups (broad SMARTS) is 1. The number of nitrogens with two attached hydrogens (primary N) is 1. The molecule has 0 heterocycles. The molecular formula is C19H24F3NO3. The van der Waals surface area contributed by atoms with E-state index in [2.05, 4.69) is 0 Å². The maximum Gasteiger partial charge on any atom is 0.397 e. The highest BCUT2D eigenvalue weighted by Crippen LogP contribution is 2.54. The highest BCUT2D eigenvalue weighted by atomic mass is 19.4. The fourth-order valence-electron chi connectivity index (χ4n) is 2.84. The molecule has 2 atom stereocenters. The lowest BCUT2D eigenvalue weighted by Crippen LogP contribution is -2.36. The molecule has 26 heavy (non-hydrogen) atoms. The molecule has 0 bridgehead atoms. The maximum absolute atomic E-state index is 13.0. The van der Waals surface area contributed by atoms with Crippen LogP contribution in [0.3, 0.4) is 0 Å². The molecule has 0 saturated heterocycles. The molecule has 144 valence electrons. The number of carbonyl (C=O) groups excluding carboxylic acids is 1. The Balaban J connectivity index is 0.000000342. The second kappa shape index (κ2) is 6.59. The third-order valence-electron chi connectivity index (χ3n) is 5.49. The monoisotopic (exact) mass is 371 g/mol. The topological polar surface area (TPSA) is 80.4 Å². The summed E-state index contributed by atoms with van der Waals surface area (Å²) in [6.45, 7) is 4.11. The predicted octanol–water partition coefficient (Wildman–Crippen LogP) is 3.77. The van der Waals surface area contributed by atoms with Gasteiger partial charge in [0.1, 0.15) is 0 Å². The molecule has 1 amide bonds. The van der Waals surface area contributed by atoms with Gasteiger partial charge in [-0.3, -0.25) is 9.59 Å². The van der Waals surface area contributed by atoms with E-state index < -0.39 is 28.9 Å². The maximum atomic E-state index is 13.0. The molecule has 7 heteroatoms. The van der Waals surface area contributed by atoms with Gasteiger partial charge in [0.05, 0.1) is 11.3 Å². The minimum absolute atomic E-state index is 0.130.